The minimum Gasteiger partial charge on any atom is -0.480 e. The van der Waals surface area contributed by atoms with Crippen LogP contribution in [0, 0.1) is 5.92 Å². The van der Waals surface area contributed by atoms with Gasteiger partial charge in [-0.2, -0.15) is 0 Å². The number of carboxylic acids is 1. The first-order valence-electron chi connectivity index (χ1n) is 5.76. The quantitative estimate of drug-likeness (QED) is 0.804. The number of likely N-dealkylation sites (tertiary alicyclic amines) is 1. The fourth-order valence-electron chi connectivity index (χ4n) is 2.82. The molecule has 2 fully saturated rings. The lowest BCUT2D eigenvalue weighted by molar-refractivity contribution is -0.150. The normalized spacial score (nSPS) is 28.7. The van der Waals surface area contributed by atoms with E-state index in [-0.39, 0.29) is 16.7 Å². The van der Waals surface area contributed by atoms with Gasteiger partial charge in [0, 0.05) is 17.8 Å². The molecule has 1 aliphatic carbocycles. The number of amides is 1. The molecule has 0 radical (unpaired) electrons. The van der Waals surface area contributed by atoms with Gasteiger partial charge in [-0.15, -0.1) is 0 Å². The first kappa shape index (κ1) is 11.9. The zero-order chi connectivity index (χ0) is 11.7. The van der Waals surface area contributed by atoms with Gasteiger partial charge >= 0.3 is 5.97 Å². The topological polar surface area (TPSA) is 57.6 Å². The van der Waals surface area contributed by atoms with Gasteiger partial charge in [-0.3, -0.25) is 4.79 Å². The summed E-state index contributed by atoms with van der Waals surface area (Å²) in [6.45, 7) is 0.534. The van der Waals surface area contributed by atoms with Gasteiger partial charge in [-0.1, -0.05) is 28.8 Å². The molecule has 1 heterocycles. The van der Waals surface area contributed by atoms with Crippen LogP contribution in [0.25, 0.3) is 0 Å². The maximum absolute atomic E-state index is 11.7. The number of hydrogen-bond donors (Lipinski definition) is 1. The summed E-state index contributed by atoms with van der Waals surface area (Å²) in [7, 11) is 0. The van der Waals surface area contributed by atoms with Gasteiger partial charge in [0.25, 0.3) is 0 Å². The molecule has 2 unspecified atom stereocenters. The van der Waals surface area contributed by atoms with Crippen LogP contribution in [0.3, 0.4) is 0 Å². The van der Waals surface area contributed by atoms with E-state index >= 15 is 0 Å². The number of carbonyl (C=O) groups excluding carboxylic acids is 1. The Morgan fingerprint density at radius 1 is 1.44 bits per heavy atom. The van der Waals surface area contributed by atoms with E-state index in [9.17, 15) is 14.7 Å². The van der Waals surface area contributed by atoms with E-state index in [0.29, 0.717) is 13.0 Å². The number of alkyl halides is 1. The van der Waals surface area contributed by atoms with Crippen LogP contribution in [0.4, 0.5) is 0 Å². The van der Waals surface area contributed by atoms with E-state index in [4.69, 9.17) is 0 Å². The zero-order valence-electron chi connectivity index (χ0n) is 9.06. The van der Waals surface area contributed by atoms with Crippen molar-refractivity contribution in [3.8, 4) is 0 Å². The van der Waals surface area contributed by atoms with Crippen LogP contribution in [0.1, 0.15) is 32.1 Å². The summed E-state index contributed by atoms with van der Waals surface area (Å²) in [5.74, 6) is -0.720. The molecule has 2 rings (SSSR count). The molecule has 0 aromatic carbocycles. The van der Waals surface area contributed by atoms with Gasteiger partial charge in [-0.25, -0.2) is 4.79 Å². The van der Waals surface area contributed by atoms with Crippen molar-refractivity contribution in [3.05, 3.63) is 0 Å². The highest BCUT2D eigenvalue weighted by atomic mass is 79.9. The Labute approximate surface area is 103 Å². The third kappa shape index (κ3) is 2.24. The molecule has 4 nitrogen and oxygen atoms in total. The largest absolute Gasteiger partial charge is 0.480 e. The van der Waals surface area contributed by atoms with Gasteiger partial charge in [-0.05, 0) is 18.8 Å². The van der Waals surface area contributed by atoms with Crippen LogP contribution in [0.15, 0.2) is 0 Å². The molecule has 0 aromatic heterocycles. The molecule has 90 valence electrons. The Hall–Kier alpha value is -0.580. The van der Waals surface area contributed by atoms with Crippen molar-refractivity contribution < 1.29 is 14.7 Å². The maximum Gasteiger partial charge on any atom is 0.326 e. The number of rotatable bonds is 3. The van der Waals surface area contributed by atoms with Gasteiger partial charge in [0.2, 0.25) is 5.91 Å². The van der Waals surface area contributed by atoms with Crippen molar-refractivity contribution >= 4 is 27.8 Å². The lowest BCUT2D eigenvalue weighted by Crippen LogP contribution is -2.46. The number of hydrogen-bond acceptors (Lipinski definition) is 2. The average Bonchev–Trinajstić information content (AvgIpc) is 2.78. The SMILES string of the molecule is O=C(O)C(C1CCCC1)N1CC(Br)CC1=O. The summed E-state index contributed by atoms with van der Waals surface area (Å²) in [5.41, 5.74) is 0. The van der Waals surface area contributed by atoms with E-state index in [1.54, 1.807) is 4.90 Å². The molecule has 1 amide bonds. The maximum atomic E-state index is 11.7. The number of carboxylic acid groups (broad SMARTS) is 1. The summed E-state index contributed by atoms with van der Waals surface area (Å²) >= 11 is 3.39. The first-order chi connectivity index (χ1) is 7.59. The number of carbonyl (C=O) groups is 2. The van der Waals surface area contributed by atoms with Crippen molar-refractivity contribution in [1.29, 1.82) is 0 Å². The first-order valence-corrected chi connectivity index (χ1v) is 6.67. The molecular weight excluding hydrogens is 274 g/mol. The average molecular weight is 290 g/mol. The molecule has 0 aromatic rings. The summed E-state index contributed by atoms with van der Waals surface area (Å²) in [5, 5.41) is 9.29. The summed E-state index contributed by atoms with van der Waals surface area (Å²) in [4.78, 5) is 24.7. The zero-order valence-corrected chi connectivity index (χ0v) is 10.6. The van der Waals surface area contributed by atoms with Crippen molar-refractivity contribution in [2.24, 2.45) is 5.92 Å². The number of nitrogens with zero attached hydrogens (tertiary/aromatic N) is 1. The van der Waals surface area contributed by atoms with Crippen molar-refractivity contribution in [2.45, 2.75) is 43.0 Å². The highest BCUT2D eigenvalue weighted by Crippen LogP contribution is 2.33. The summed E-state index contributed by atoms with van der Waals surface area (Å²) in [6, 6.07) is -0.599. The van der Waals surface area contributed by atoms with Crippen molar-refractivity contribution in [2.75, 3.05) is 6.54 Å². The third-order valence-corrected chi connectivity index (χ3v) is 4.16. The molecular formula is C11H16BrNO3. The Morgan fingerprint density at radius 3 is 2.50 bits per heavy atom. The van der Waals surface area contributed by atoms with Crippen LogP contribution in [-0.2, 0) is 9.59 Å². The van der Waals surface area contributed by atoms with E-state index in [2.05, 4.69) is 15.9 Å². The van der Waals surface area contributed by atoms with Crippen LogP contribution in [-0.4, -0.2) is 39.3 Å². The van der Waals surface area contributed by atoms with E-state index in [0.717, 1.165) is 25.7 Å². The van der Waals surface area contributed by atoms with Gasteiger partial charge < -0.3 is 10.0 Å². The molecule has 16 heavy (non-hydrogen) atoms. The number of halogens is 1. The number of aliphatic carboxylic acids is 1. The van der Waals surface area contributed by atoms with Gasteiger partial charge in [0.1, 0.15) is 6.04 Å². The van der Waals surface area contributed by atoms with Gasteiger partial charge in [0.15, 0.2) is 0 Å². The van der Waals surface area contributed by atoms with Crippen molar-refractivity contribution in [3.63, 3.8) is 0 Å². The Bertz CT molecular complexity index is 302. The second kappa shape index (κ2) is 4.73. The summed E-state index contributed by atoms with van der Waals surface area (Å²) in [6.07, 6.45) is 4.49. The second-order valence-corrected chi connectivity index (χ2v) is 5.97. The Morgan fingerprint density at radius 2 is 2.06 bits per heavy atom. The Balaban J connectivity index is 2.12. The third-order valence-electron chi connectivity index (χ3n) is 3.55. The fourth-order valence-corrected chi connectivity index (χ4v) is 3.41. The molecule has 0 bridgehead atoms. The standard InChI is InChI=1S/C11H16BrNO3/c12-8-5-9(14)13(6-8)10(11(15)16)7-3-1-2-4-7/h7-8,10H,1-6H2,(H,15,16). The molecule has 5 heteroatoms. The Kier molecular flexibility index (Phi) is 3.52. The van der Waals surface area contributed by atoms with Crippen LogP contribution in [0.5, 0.6) is 0 Å². The highest BCUT2D eigenvalue weighted by molar-refractivity contribution is 9.09. The molecule has 0 spiro atoms. The predicted molar refractivity (Wildman–Crippen MR) is 62.4 cm³/mol. The van der Waals surface area contributed by atoms with E-state index in [1.165, 1.54) is 0 Å². The predicted octanol–water partition coefficient (Wildman–Crippen LogP) is 1.63. The minimum atomic E-state index is -0.846. The lowest BCUT2D eigenvalue weighted by atomic mass is 9.97. The fraction of sp³-hybridized carbons (Fsp3) is 0.818. The molecule has 2 atom stereocenters. The second-order valence-electron chi connectivity index (χ2n) is 4.68. The molecule has 1 aliphatic heterocycles. The minimum absolute atomic E-state index is 0.0267. The smallest absolute Gasteiger partial charge is 0.326 e. The summed E-state index contributed by atoms with van der Waals surface area (Å²) < 4.78 is 0. The highest BCUT2D eigenvalue weighted by Gasteiger charge is 2.41. The molecule has 2 aliphatic rings. The van der Waals surface area contributed by atoms with Crippen molar-refractivity contribution in [1.82, 2.24) is 4.90 Å². The van der Waals surface area contributed by atoms with Crippen LogP contribution < -0.4 is 0 Å². The molecule has 1 N–H and O–H groups in total. The molecule has 1 saturated carbocycles. The molecule has 1 saturated heterocycles. The van der Waals surface area contributed by atoms with E-state index in [1.807, 2.05) is 0 Å². The monoisotopic (exact) mass is 289 g/mol. The van der Waals surface area contributed by atoms with Crippen LogP contribution >= 0.6 is 15.9 Å². The lowest BCUT2D eigenvalue weighted by Gasteiger charge is -2.29. The van der Waals surface area contributed by atoms with E-state index < -0.39 is 12.0 Å². The van der Waals surface area contributed by atoms with Gasteiger partial charge in [0.05, 0.1) is 0 Å². The van der Waals surface area contributed by atoms with Crippen LogP contribution in [0.2, 0.25) is 0 Å².